The number of carbonyl (C=O) groups is 1. The fourth-order valence-electron chi connectivity index (χ4n) is 6.09. The first kappa shape index (κ1) is 25.6. The monoisotopic (exact) mass is 525 g/mol. The highest BCUT2D eigenvalue weighted by Crippen LogP contribution is 2.41. The molecule has 2 saturated heterocycles. The highest BCUT2D eigenvalue weighted by atomic mass is 16.2. The molecule has 1 aliphatic carbocycles. The third kappa shape index (κ3) is 4.93. The normalized spacial score (nSPS) is 18.9. The summed E-state index contributed by atoms with van der Waals surface area (Å²) in [5, 5.41) is 1.09. The van der Waals surface area contributed by atoms with Gasteiger partial charge in [0.2, 0.25) is 5.91 Å². The zero-order valence-corrected chi connectivity index (χ0v) is 23.2. The van der Waals surface area contributed by atoms with Gasteiger partial charge in [0.1, 0.15) is 5.65 Å². The van der Waals surface area contributed by atoms with Crippen molar-refractivity contribution in [3.8, 4) is 11.3 Å². The Morgan fingerprint density at radius 1 is 1.05 bits per heavy atom. The number of nitrogens with one attached hydrogen (secondary N) is 1. The molecule has 2 aliphatic heterocycles. The Kier molecular flexibility index (Phi) is 7.12. The van der Waals surface area contributed by atoms with Crippen molar-refractivity contribution >= 4 is 46.8 Å². The zero-order chi connectivity index (χ0) is 26.9. The van der Waals surface area contributed by atoms with Gasteiger partial charge in [-0.15, -0.1) is 0 Å². The summed E-state index contributed by atoms with van der Waals surface area (Å²) < 4.78 is 0. The van der Waals surface area contributed by atoms with Crippen molar-refractivity contribution in [2.45, 2.75) is 26.7 Å². The summed E-state index contributed by atoms with van der Waals surface area (Å²) in [7, 11) is 0. The fraction of sp³-hybridized carbons (Fsp3) is 0.452. The Hall–Kier alpha value is -3.65. The van der Waals surface area contributed by atoms with Crippen LogP contribution in [0, 0.1) is 5.92 Å². The summed E-state index contributed by atoms with van der Waals surface area (Å²) in [5.74, 6) is 0.624. The molecule has 3 aliphatic rings. The Bertz CT molecular complexity index is 1390. The molecule has 0 bridgehead atoms. The quantitative estimate of drug-likeness (QED) is 0.449. The van der Waals surface area contributed by atoms with Crippen LogP contribution in [0.15, 0.2) is 41.5 Å². The lowest BCUT2D eigenvalue weighted by Gasteiger charge is -2.36. The van der Waals surface area contributed by atoms with Crippen molar-refractivity contribution in [3.05, 3.63) is 42.1 Å². The molecule has 1 aromatic carbocycles. The SMILES string of the molecule is C=Nc1c(-c2cc3c(N4CCN(C(=O)C5CC5)CC4)ccnc3[nH]2)ccc(N2CCN(CC)CC2)c1/C=C\C. The number of likely N-dealkylation sites (N-methyl/N-ethyl adjacent to an activating group) is 1. The number of benzene rings is 1. The molecule has 3 fully saturated rings. The standard InChI is InChI=1S/C31H39N7O/c1-4-6-24-27(36-15-13-35(5-2)14-16-36)10-9-23(29(24)32-3)26-21-25-28(11-12-33-30(25)34-26)37-17-19-38(20-18-37)31(39)22-7-8-22/h4,6,9-12,21-22H,3,5,7-8,13-20H2,1-2H3,(H,33,34)/b6-4-. The van der Waals surface area contributed by atoms with Crippen molar-refractivity contribution in [1.82, 2.24) is 19.8 Å². The van der Waals surface area contributed by atoms with Crippen LogP contribution in [-0.4, -0.2) is 91.3 Å². The number of nitrogens with zero attached hydrogens (tertiary/aromatic N) is 6. The smallest absolute Gasteiger partial charge is 0.225 e. The Balaban J connectivity index is 1.31. The number of hydrogen-bond acceptors (Lipinski definition) is 6. The predicted molar refractivity (Wildman–Crippen MR) is 161 cm³/mol. The number of rotatable bonds is 7. The molecule has 2 aromatic heterocycles. The van der Waals surface area contributed by atoms with Crippen LogP contribution < -0.4 is 9.80 Å². The molecular formula is C31H39N7O. The molecule has 1 saturated carbocycles. The van der Waals surface area contributed by atoms with Crippen molar-refractivity contribution in [1.29, 1.82) is 0 Å². The summed E-state index contributed by atoms with van der Waals surface area (Å²) in [5.41, 5.74) is 7.25. The van der Waals surface area contributed by atoms with Gasteiger partial charge in [0, 0.05) is 98.1 Å². The first-order valence-corrected chi connectivity index (χ1v) is 14.4. The highest BCUT2D eigenvalue weighted by molar-refractivity contribution is 5.97. The molecule has 1 N–H and O–H groups in total. The van der Waals surface area contributed by atoms with Gasteiger partial charge in [0.15, 0.2) is 0 Å². The van der Waals surface area contributed by atoms with Crippen LogP contribution in [0.2, 0.25) is 0 Å². The number of aliphatic imine (C=N–C) groups is 1. The van der Waals surface area contributed by atoms with Crippen LogP contribution in [-0.2, 0) is 4.79 Å². The molecule has 39 heavy (non-hydrogen) atoms. The molecule has 6 rings (SSSR count). The van der Waals surface area contributed by atoms with E-state index in [1.165, 1.54) is 5.69 Å². The molecule has 204 valence electrons. The number of piperazine rings is 2. The van der Waals surface area contributed by atoms with Crippen molar-refractivity contribution in [3.63, 3.8) is 0 Å². The van der Waals surface area contributed by atoms with E-state index < -0.39 is 0 Å². The van der Waals surface area contributed by atoms with Gasteiger partial charge in [0.05, 0.1) is 5.69 Å². The maximum absolute atomic E-state index is 12.5. The van der Waals surface area contributed by atoms with Crippen LogP contribution in [0.3, 0.4) is 0 Å². The molecule has 0 spiro atoms. The number of H-pyrrole nitrogens is 1. The lowest BCUT2D eigenvalue weighted by molar-refractivity contribution is -0.132. The molecule has 1 amide bonds. The van der Waals surface area contributed by atoms with Crippen molar-refractivity contribution in [2.24, 2.45) is 10.9 Å². The predicted octanol–water partition coefficient (Wildman–Crippen LogP) is 4.80. The van der Waals surface area contributed by atoms with Gasteiger partial charge < -0.3 is 24.6 Å². The second kappa shape index (κ2) is 10.8. The van der Waals surface area contributed by atoms with E-state index in [0.29, 0.717) is 5.91 Å². The van der Waals surface area contributed by atoms with E-state index in [1.54, 1.807) is 0 Å². The minimum absolute atomic E-state index is 0.281. The number of pyridine rings is 1. The summed E-state index contributed by atoms with van der Waals surface area (Å²) in [4.78, 5) is 34.7. The van der Waals surface area contributed by atoms with E-state index >= 15 is 0 Å². The van der Waals surface area contributed by atoms with E-state index in [2.05, 4.69) is 86.6 Å². The minimum Gasteiger partial charge on any atom is -0.368 e. The van der Waals surface area contributed by atoms with Gasteiger partial charge in [-0.25, -0.2) is 4.98 Å². The number of hydrogen-bond donors (Lipinski definition) is 1. The highest BCUT2D eigenvalue weighted by Gasteiger charge is 2.34. The van der Waals surface area contributed by atoms with Gasteiger partial charge in [-0.1, -0.05) is 19.1 Å². The third-order valence-corrected chi connectivity index (χ3v) is 8.50. The maximum Gasteiger partial charge on any atom is 0.225 e. The second-order valence-electron chi connectivity index (χ2n) is 10.8. The molecule has 8 nitrogen and oxygen atoms in total. The van der Waals surface area contributed by atoms with Crippen LogP contribution in [0.1, 0.15) is 32.3 Å². The molecule has 0 atom stereocenters. The summed E-state index contributed by atoms with van der Waals surface area (Å²) in [6.07, 6.45) is 8.23. The minimum atomic E-state index is 0.281. The van der Waals surface area contributed by atoms with Crippen LogP contribution in [0.4, 0.5) is 17.1 Å². The molecule has 3 aromatic rings. The number of amides is 1. The first-order chi connectivity index (χ1) is 19.1. The Labute approximate surface area is 231 Å². The van der Waals surface area contributed by atoms with E-state index in [9.17, 15) is 4.79 Å². The lowest BCUT2D eigenvalue weighted by atomic mass is 10.0. The van der Waals surface area contributed by atoms with Gasteiger partial charge in [-0.3, -0.25) is 9.79 Å². The number of carbonyl (C=O) groups excluding carboxylic acids is 1. The van der Waals surface area contributed by atoms with E-state index in [-0.39, 0.29) is 5.92 Å². The van der Waals surface area contributed by atoms with Crippen LogP contribution in [0.5, 0.6) is 0 Å². The van der Waals surface area contributed by atoms with Crippen LogP contribution >= 0.6 is 0 Å². The molecule has 4 heterocycles. The van der Waals surface area contributed by atoms with Crippen molar-refractivity contribution in [2.75, 3.05) is 68.7 Å². The maximum atomic E-state index is 12.5. The average molecular weight is 526 g/mol. The fourth-order valence-corrected chi connectivity index (χ4v) is 6.09. The van der Waals surface area contributed by atoms with Crippen molar-refractivity contribution < 1.29 is 4.79 Å². The van der Waals surface area contributed by atoms with E-state index in [0.717, 1.165) is 111 Å². The van der Waals surface area contributed by atoms with E-state index in [1.807, 2.05) is 11.1 Å². The summed E-state index contributed by atoms with van der Waals surface area (Å²) in [6, 6.07) is 8.69. The Morgan fingerprint density at radius 3 is 2.44 bits per heavy atom. The van der Waals surface area contributed by atoms with Gasteiger partial charge >= 0.3 is 0 Å². The first-order valence-electron chi connectivity index (χ1n) is 14.4. The lowest BCUT2D eigenvalue weighted by Crippen LogP contribution is -2.49. The molecule has 8 heteroatoms. The largest absolute Gasteiger partial charge is 0.368 e. The zero-order valence-electron chi connectivity index (χ0n) is 23.2. The number of fused-ring (bicyclic) bond motifs is 1. The number of aromatic amines is 1. The topological polar surface area (TPSA) is 71.1 Å². The molecule has 0 radical (unpaired) electrons. The molecule has 0 unspecified atom stereocenters. The van der Waals surface area contributed by atoms with Gasteiger partial charge in [0.25, 0.3) is 0 Å². The average Bonchev–Trinajstić information content (AvgIpc) is 3.74. The number of allylic oxidation sites excluding steroid dienone is 1. The van der Waals surface area contributed by atoms with Crippen LogP contribution in [0.25, 0.3) is 28.4 Å². The van der Waals surface area contributed by atoms with E-state index in [4.69, 9.17) is 0 Å². The molecular weight excluding hydrogens is 486 g/mol. The summed E-state index contributed by atoms with van der Waals surface area (Å²) in [6.45, 7) is 16.7. The third-order valence-electron chi connectivity index (χ3n) is 8.50. The van der Waals surface area contributed by atoms with Gasteiger partial charge in [-0.2, -0.15) is 0 Å². The number of anilines is 2. The second-order valence-corrected chi connectivity index (χ2v) is 10.8. The summed E-state index contributed by atoms with van der Waals surface area (Å²) >= 11 is 0. The van der Waals surface area contributed by atoms with Gasteiger partial charge in [-0.05, 0) is 57.3 Å². The number of aromatic nitrogens is 2. The Morgan fingerprint density at radius 2 is 1.77 bits per heavy atom.